The van der Waals surface area contributed by atoms with Crippen LogP contribution in [0.4, 0.5) is 0 Å². The Morgan fingerprint density at radius 3 is 2.70 bits per heavy atom. The fraction of sp³-hybridized carbons (Fsp3) is 0.250. The minimum absolute atomic E-state index is 0.240. The van der Waals surface area contributed by atoms with Crippen LogP contribution in [0.15, 0.2) is 48.5 Å². The van der Waals surface area contributed by atoms with E-state index in [1.807, 2.05) is 18.2 Å². The Morgan fingerprint density at radius 2 is 1.91 bits per heavy atom. The molecule has 2 aromatic rings. The number of methoxy groups -OCH3 is 1. The van der Waals surface area contributed by atoms with E-state index in [-0.39, 0.29) is 6.79 Å². The molecule has 0 aromatic heterocycles. The summed E-state index contributed by atoms with van der Waals surface area (Å²) in [5.41, 5.74) is 0.900. The molecule has 0 saturated carbocycles. The molecule has 0 fully saturated rings. The van der Waals surface area contributed by atoms with Gasteiger partial charge in [-0.05, 0) is 36.2 Å². The number of halogens is 1. The van der Waals surface area contributed by atoms with E-state index in [0.29, 0.717) is 29.5 Å². The molecular weight excluding hydrogens is 318 g/mol. The van der Waals surface area contributed by atoms with Gasteiger partial charge in [0.2, 0.25) is 0 Å². The van der Waals surface area contributed by atoms with E-state index in [9.17, 15) is 5.02 Å². The Kier molecular flexibility index (Phi) is 7.22. The Labute approximate surface area is 140 Å². The minimum Gasteiger partial charge on any atom is -0.501 e. The second kappa shape index (κ2) is 9.42. The highest BCUT2D eigenvalue weighted by atomic mass is 35.5. The van der Waals surface area contributed by atoms with Crippen LogP contribution < -0.4 is 9.31 Å². The van der Waals surface area contributed by atoms with Crippen molar-refractivity contribution in [2.75, 3.05) is 20.5 Å². The lowest BCUT2D eigenvalue weighted by Gasteiger charge is -2.14. The molecule has 7 heteroatoms. The molecule has 2 rings (SSSR count). The fourth-order valence-electron chi connectivity index (χ4n) is 1.94. The van der Waals surface area contributed by atoms with Gasteiger partial charge >= 0.3 is 7.32 Å². The molecule has 0 aliphatic heterocycles. The molecule has 0 atom stereocenters. The third-order valence-corrected chi connectivity index (χ3v) is 3.19. The van der Waals surface area contributed by atoms with Crippen LogP contribution in [0.5, 0.6) is 11.5 Å². The summed E-state index contributed by atoms with van der Waals surface area (Å²) in [4.78, 5) is 0. The zero-order valence-electron chi connectivity index (χ0n) is 12.8. The quantitative estimate of drug-likeness (QED) is 0.433. The lowest BCUT2D eigenvalue weighted by Crippen LogP contribution is -2.30. The summed E-state index contributed by atoms with van der Waals surface area (Å²) in [7, 11) is 0.134. The molecular formula is C16H18BClO5. The van der Waals surface area contributed by atoms with E-state index >= 15 is 0 Å². The van der Waals surface area contributed by atoms with E-state index in [0.717, 1.165) is 5.56 Å². The summed E-state index contributed by atoms with van der Waals surface area (Å²) < 4.78 is 20.8. The summed E-state index contributed by atoms with van der Waals surface area (Å²) in [5, 5.41) is 10.5. The molecule has 2 aromatic carbocycles. The van der Waals surface area contributed by atoms with E-state index in [1.165, 1.54) is 0 Å². The van der Waals surface area contributed by atoms with E-state index < -0.39 is 7.32 Å². The molecule has 1 N–H and O–H groups in total. The van der Waals surface area contributed by atoms with E-state index in [1.54, 1.807) is 37.4 Å². The highest BCUT2D eigenvalue weighted by Crippen LogP contribution is 2.21. The van der Waals surface area contributed by atoms with Gasteiger partial charge in [-0.3, -0.25) is 0 Å². The molecule has 23 heavy (non-hydrogen) atoms. The first-order valence-corrected chi connectivity index (χ1v) is 7.48. The van der Waals surface area contributed by atoms with E-state index in [4.69, 9.17) is 30.4 Å². The summed E-state index contributed by atoms with van der Waals surface area (Å²) in [6, 6.07) is 14.1. The van der Waals surface area contributed by atoms with Gasteiger partial charge in [-0.25, -0.2) is 0 Å². The first-order valence-electron chi connectivity index (χ1n) is 7.10. The van der Waals surface area contributed by atoms with Crippen molar-refractivity contribution in [3.05, 3.63) is 59.1 Å². The second-order valence-corrected chi connectivity index (χ2v) is 5.11. The van der Waals surface area contributed by atoms with E-state index in [2.05, 4.69) is 0 Å². The van der Waals surface area contributed by atoms with Gasteiger partial charge in [0.05, 0.1) is 6.61 Å². The van der Waals surface area contributed by atoms with Crippen molar-refractivity contribution in [3.8, 4) is 11.5 Å². The minimum atomic E-state index is -1.44. The van der Waals surface area contributed by atoms with Gasteiger partial charge in [0, 0.05) is 12.1 Å². The highest BCUT2D eigenvalue weighted by Gasteiger charge is 2.22. The SMILES string of the molecule is COCOCCc1ccccc1OB(O)Oc1cccc(Cl)c1. The van der Waals surface area contributed by atoms with Gasteiger partial charge in [0.25, 0.3) is 0 Å². The fourth-order valence-corrected chi connectivity index (χ4v) is 2.12. The van der Waals surface area contributed by atoms with Gasteiger partial charge in [0.15, 0.2) is 0 Å². The van der Waals surface area contributed by atoms with Crippen molar-refractivity contribution in [1.29, 1.82) is 0 Å². The average Bonchev–Trinajstić information content (AvgIpc) is 2.53. The highest BCUT2D eigenvalue weighted by molar-refractivity contribution is 6.37. The van der Waals surface area contributed by atoms with Gasteiger partial charge in [-0.15, -0.1) is 0 Å². The van der Waals surface area contributed by atoms with Crippen LogP contribution in [0.25, 0.3) is 0 Å². The number of hydrogen-bond donors (Lipinski definition) is 1. The number of para-hydroxylation sites is 1. The average molecular weight is 337 g/mol. The lowest BCUT2D eigenvalue weighted by molar-refractivity contribution is -0.0292. The Bertz CT molecular complexity index is 611. The molecule has 0 spiro atoms. The van der Waals surface area contributed by atoms with Crippen molar-refractivity contribution in [2.45, 2.75) is 6.42 Å². The summed E-state index contributed by atoms with van der Waals surface area (Å²) >= 11 is 5.87. The van der Waals surface area contributed by atoms with Gasteiger partial charge in [-0.1, -0.05) is 35.9 Å². The number of hydrogen-bond acceptors (Lipinski definition) is 5. The Hall–Kier alpha value is -1.73. The van der Waals surface area contributed by atoms with Crippen molar-refractivity contribution in [2.24, 2.45) is 0 Å². The second-order valence-electron chi connectivity index (χ2n) is 4.67. The molecule has 0 unspecified atom stereocenters. The van der Waals surface area contributed by atoms with Crippen molar-refractivity contribution < 1.29 is 23.8 Å². The Balaban J connectivity index is 1.93. The maximum atomic E-state index is 9.94. The first kappa shape index (κ1) is 17.6. The third-order valence-electron chi connectivity index (χ3n) is 2.95. The van der Waals surface area contributed by atoms with Gasteiger partial charge < -0.3 is 23.8 Å². The molecule has 0 aliphatic rings. The molecule has 0 amide bonds. The first-order chi connectivity index (χ1) is 11.2. The van der Waals surface area contributed by atoms with Gasteiger partial charge in [-0.2, -0.15) is 0 Å². The predicted octanol–water partition coefficient (Wildman–Crippen LogP) is 2.94. The maximum Gasteiger partial charge on any atom is 0.785 e. The van der Waals surface area contributed by atoms with Crippen molar-refractivity contribution in [1.82, 2.24) is 0 Å². The number of rotatable bonds is 9. The third kappa shape index (κ3) is 6.12. The van der Waals surface area contributed by atoms with Crippen molar-refractivity contribution >= 4 is 18.9 Å². The molecule has 122 valence electrons. The molecule has 0 bridgehead atoms. The van der Waals surface area contributed by atoms with Crippen LogP contribution in [-0.2, 0) is 15.9 Å². The van der Waals surface area contributed by atoms with Crippen LogP contribution in [0.3, 0.4) is 0 Å². The predicted molar refractivity (Wildman–Crippen MR) is 88.7 cm³/mol. The molecule has 5 nitrogen and oxygen atoms in total. The van der Waals surface area contributed by atoms with Crippen LogP contribution in [0.1, 0.15) is 5.56 Å². The maximum absolute atomic E-state index is 9.94. The van der Waals surface area contributed by atoms with Crippen LogP contribution >= 0.6 is 11.6 Å². The number of benzene rings is 2. The largest absolute Gasteiger partial charge is 0.785 e. The zero-order valence-corrected chi connectivity index (χ0v) is 13.5. The van der Waals surface area contributed by atoms with Crippen molar-refractivity contribution in [3.63, 3.8) is 0 Å². The Morgan fingerprint density at radius 1 is 1.09 bits per heavy atom. The summed E-state index contributed by atoms with van der Waals surface area (Å²) in [6.07, 6.45) is 0.628. The lowest BCUT2D eigenvalue weighted by atomic mass is 10.1. The molecule has 0 saturated heterocycles. The monoisotopic (exact) mass is 336 g/mol. The summed E-state index contributed by atoms with van der Waals surface area (Å²) in [6.45, 7) is 0.725. The standard InChI is InChI=1S/C16H18BClO5/c1-20-12-21-10-9-13-5-2-3-8-16(13)23-17(19)22-15-7-4-6-14(18)11-15/h2-8,11,19H,9-10,12H2,1H3. The summed E-state index contributed by atoms with van der Waals surface area (Å²) in [5.74, 6) is 0.953. The topological polar surface area (TPSA) is 57.2 Å². The van der Waals surface area contributed by atoms with Crippen LogP contribution in [0, 0.1) is 0 Å². The van der Waals surface area contributed by atoms with Crippen LogP contribution in [0.2, 0.25) is 5.02 Å². The molecule has 0 radical (unpaired) electrons. The molecule has 0 aliphatic carbocycles. The zero-order chi connectivity index (χ0) is 16.5. The molecule has 0 heterocycles. The smallest absolute Gasteiger partial charge is 0.501 e. The number of ether oxygens (including phenoxy) is 2. The van der Waals surface area contributed by atoms with Crippen LogP contribution in [-0.4, -0.2) is 32.9 Å². The normalized spacial score (nSPS) is 10.4. The van der Waals surface area contributed by atoms with Gasteiger partial charge in [0.1, 0.15) is 18.3 Å².